The number of rotatable bonds is 4. The van der Waals surface area contributed by atoms with E-state index in [4.69, 9.17) is 14.3 Å². The van der Waals surface area contributed by atoms with E-state index >= 15 is 0 Å². The van der Waals surface area contributed by atoms with Gasteiger partial charge < -0.3 is 14.8 Å². The predicted molar refractivity (Wildman–Crippen MR) is 110 cm³/mol. The molecule has 3 aliphatic rings. The number of carbonyl (C=O) groups is 1. The number of benzene rings is 1. The number of aryl methyl sites for hydroxylation is 1. The topological polar surface area (TPSA) is 118 Å². The Balaban J connectivity index is 1.38. The van der Waals surface area contributed by atoms with Crippen LogP contribution in [0.2, 0.25) is 0 Å². The van der Waals surface area contributed by atoms with Crippen molar-refractivity contribution in [1.82, 2.24) is 14.5 Å². The van der Waals surface area contributed by atoms with Crippen LogP contribution in [0.25, 0.3) is 0 Å². The second kappa shape index (κ2) is 6.98. The smallest absolute Gasteiger partial charge is 0.331 e. The summed E-state index contributed by atoms with van der Waals surface area (Å²) < 4.78 is 36.1. The van der Waals surface area contributed by atoms with Gasteiger partial charge in [-0.15, -0.1) is 0 Å². The molecule has 3 atom stereocenters. The highest BCUT2D eigenvalue weighted by molar-refractivity contribution is 7.91. The molecule has 0 fully saturated rings. The summed E-state index contributed by atoms with van der Waals surface area (Å²) in [5.41, 5.74) is 5.73. The van der Waals surface area contributed by atoms with E-state index in [1.807, 2.05) is 0 Å². The fourth-order valence-corrected chi connectivity index (χ4v) is 5.74. The lowest BCUT2D eigenvalue weighted by molar-refractivity contribution is 0.0165. The number of urea groups is 1. The van der Waals surface area contributed by atoms with E-state index in [1.165, 1.54) is 33.1 Å². The lowest BCUT2D eigenvalue weighted by atomic mass is 9.75. The molecule has 1 aliphatic heterocycles. The summed E-state index contributed by atoms with van der Waals surface area (Å²) in [6.07, 6.45) is 5.18. The van der Waals surface area contributed by atoms with Crippen LogP contribution in [-0.2, 0) is 40.5 Å². The van der Waals surface area contributed by atoms with E-state index in [1.54, 1.807) is 7.11 Å². The van der Waals surface area contributed by atoms with E-state index in [0.29, 0.717) is 12.5 Å². The molecule has 0 saturated heterocycles. The van der Waals surface area contributed by atoms with Crippen molar-refractivity contribution in [2.24, 2.45) is 0 Å². The third kappa shape index (κ3) is 3.05. The second-order valence-electron chi connectivity index (χ2n) is 8.20. The van der Waals surface area contributed by atoms with Gasteiger partial charge in [0.15, 0.2) is 9.92 Å². The van der Waals surface area contributed by atoms with Crippen molar-refractivity contribution in [3.05, 3.63) is 34.5 Å². The van der Waals surface area contributed by atoms with Crippen LogP contribution < -0.4 is 14.8 Å². The second-order valence-corrected chi connectivity index (χ2v) is 9.95. The van der Waals surface area contributed by atoms with Gasteiger partial charge in [-0.3, -0.25) is 0 Å². The molecule has 0 spiro atoms. The van der Waals surface area contributed by atoms with E-state index in [0.717, 1.165) is 31.4 Å². The zero-order valence-corrected chi connectivity index (χ0v) is 17.8. The molecule has 160 valence electrons. The molecular formula is C20H25N5O4S. The molecule has 0 saturated carbocycles. The molecule has 2 aromatic rings. The average Bonchev–Trinajstić information content (AvgIpc) is 3.33. The van der Waals surface area contributed by atoms with E-state index < -0.39 is 15.9 Å². The van der Waals surface area contributed by atoms with Gasteiger partial charge in [0.25, 0.3) is 0 Å². The number of amides is 2. The normalized spacial score (nSPS) is 23.3. The van der Waals surface area contributed by atoms with Gasteiger partial charge in [0.05, 0.1) is 12.7 Å². The first-order valence-electron chi connectivity index (χ1n) is 10.1. The van der Waals surface area contributed by atoms with Crippen molar-refractivity contribution in [2.45, 2.75) is 56.1 Å². The molecule has 0 bridgehead atoms. The van der Waals surface area contributed by atoms with Crippen LogP contribution in [0.4, 0.5) is 10.5 Å². The minimum atomic E-state index is -3.65. The summed E-state index contributed by atoms with van der Waals surface area (Å²) in [7, 11) is -2.06. The maximum absolute atomic E-state index is 13.1. The van der Waals surface area contributed by atoms with Gasteiger partial charge in [-0.1, -0.05) is 13.0 Å². The molecule has 0 radical (unpaired) electrons. The van der Waals surface area contributed by atoms with Gasteiger partial charge in [-0.05, 0) is 53.9 Å². The lowest BCUT2D eigenvalue weighted by Gasteiger charge is -2.32. The molecule has 10 heteroatoms. The highest BCUT2D eigenvalue weighted by atomic mass is 32.2. The van der Waals surface area contributed by atoms with Crippen molar-refractivity contribution in [1.29, 1.82) is 4.78 Å². The van der Waals surface area contributed by atoms with Crippen LogP contribution >= 0.6 is 0 Å². The molecule has 1 aromatic carbocycles. The van der Waals surface area contributed by atoms with E-state index in [2.05, 4.69) is 28.1 Å². The maximum Gasteiger partial charge on any atom is 0.331 e. The number of carbonyl (C=O) groups excluding carboxylic acids is 1. The van der Waals surface area contributed by atoms with Crippen LogP contribution in [-0.4, -0.2) is 39.8 Å². The van der Waals surface area contributed by atoms with Crippen LogP contribution in [0.15, 0.2) is 17.2 Å². The van der Waals surface area contributed by atoms with Crippen molar-refractivity contribution >= 4 is 21.6 Å². The first kappa shape index (κ1) is 19.4. The number of nitrogens with one attached hydrogen (secondary N) is 3. The minimum Gasteiger partial charge on any atom is -0.474 e. The standard InChI is InChI=1S/C20H25N5O4S/c1-11-6-13-7-12-4-3-5-15(12)18(17(11)13)23-20(26)24-30(21,27)16-8-22-25-9-14(28-2)10-29-19(16)25/h7-8,11,14H,3-6,9-10H2,1-2H3,(H3,21,23,24,26,27)/t11-,14-,30-/m0/s1. The third-order valence-corrected chi connectivity index (χ3v) is 7.58. The monoisotopic (exact) mass is 431 g/mol. The molecule has 0 unspecified atom stereocenters. The van der Waals surface area contributed by atoms with Crippen molar-refractivity contribution in [3.63, 3.8) is 0 Å². The number of hydrogen-bond acceptors (Lipinski definition) is 6. The van der Waals surface area contributed by atoms with Crippen molar-refractivity contribution < 1.29 is 18.5 Å². The Hall–Kier alpha value is -2.59. The van der Waals surface area contributed by atoms with E-state index in [9.17, 15) is 9.00 Å². The van der Waals surface area contributed by atoms with Crippen LogP contribution in [0.1, 0.15) is 41.5 Å². The van der Waals surface area contributed by atoms with Gasteiger partial charge in [0.2, 0.25) is 5.88 Å². The molecule has 30 heavy (non-hydrogen) atoms. The predicted octanol–water partition coefficient (Wildman–Crippen LogP) is 2.58. The van der Waals surface area contributed by atoms with Gasteiger partial charge >= 0.3 is 6.03 Å². The summed E-state index contributed by atoms with van der Waals surface area (Å²) in [5.74, 6) is 0.619. The van der Waals surface area contributed by atoms with E-state index in [-0.39, 0.29) is 23.5 Å². The SMILES string of the molecule is CO[C@@H]1COc2c([S@@](=N)(=O)NC(=O)Nc3c4c(cc5c3[C@@H](C)C5)CCC4)cnn2C1. The number of aromatic nitrogens is 2. The average molecular weight is 432 g/mol. The Labute approximate surface area is 175 Å². The Morgan fingerprint density at radius 2 is 2.23 bits per heavy atom. The maximum atomic E-state index is 13.1. The van der Waals surface area contributed by atoms with Crippen molar-refractivity contribution in [2.75, 3.05) is 19.0 Å². The summed E-state index contributed by atoms with van der Waals surface area (Å²) >= 11 is 0. The molecule has 2 aliphatic carbocycles. The zero-order chi connectivity index (χ0) is 21.0. The molecule has 2 amide bonds. The summed E-state index contributed by atoms with van der Waals surface area (Å²) in [4.78, 5) is 12.8. The Kier molecular flexibility index (Phi) is 4.51. The first-order chi connectivity index (χ1) is 14.4. The lowest BCUT2D eigenvalue weighted by Crippen LogP contribution is -2.36. The number of fused-ring (bicyclic) bond motifs is 3. The van der Waals surface area contributed by atoms with Gasteiger partial charge in [0.1, 0.15) is 17.6 Å². The number of anilines is 1. The third-order valence-electron chi connectivity index (χ3n) is 6.21. The van der Waals surface area contributed by atoms with Gasteiger partial charge in [-0.25, -0.2) is 23.2 Å². The number of nitrogens with zero attached hydrogens (tertiary/aromatic N) is 2. The largest absolute Gasteiger partial charge is 0.474 e. The Morgan fingerprint density at radius 3 is 3.00 bits per heavy atom. The highest BCUT2D eigenvalue weighted by Gasteiger charge is 2.33. The van der Waals surface area contributed by atoms with Gasteiger partial charge in [-0.2, -0.15) is 5.10 Å². The summed E-state index contributed by atoms with van der Waals surface area (Å²) in [6.45, 7) is 2.86. The van der Waals surface area contributed by atoms with Crippen LogP contribution in [0, 0.1) is 4.78 Å². The fourth-order valence-electron chi connectivity index (χ4n) is 4.71. The van der Waals surface area contributed by atoms with Crippen molar-refractivity contribution in [3.8, 4) is 5.88 Å². The highest BCUT2D eigenvalue weighted by Crippen LogP contribution is 2.45. The minimum absolute atomic E-state index is 0.0619. The zero-order valence-electron chi connectivity index (χ0n) is 17.0. The Bertz CT molecular complexity index is 1140. The number of methoxy groups -OCH3 is 1. The molecule has 5 rings (SSSR count). The molecular weight excluding hydrogens is 406 g/mol. The number of ether oxygens (including phenoxy) is 2. The summed E-state index contributed by atoms with van der Waals surface area (Å²) in [6, 6.07) is 1.61. The molecule has 2 heterocycles. The summed E-state index contributed by atoms with van der Waals surface area (Å²) in [5, 5.41) is 7.06. The number of hydrogen-bond donors (Lipinski definition) is 3. The van der Waals surface area contributed by atoms with Crippen LogP contribution in [0.3, 0.4) is 0 Å². The first-order valence-corrected chi connectivity index (χ1v) is 11.7. The molecule has 3 N–H and O–H groups in total. The molecule has 9 nitrogen and oxygen atoms in total. The Morgan fingerprint density at radius 1 is 1.40 bits per heavy atom. The molecule has 1 aromatic heterocycles. The van der Waals surface area contributed by atoms with Gasteiger partial charge in [0, 0.05) is 12.8 Å². The van der Waals surface area contributed by atoms with Crippen LogP contribution in [0.5, 0.6) is 5.88 Å². The quantitative estimate of drug-likeness (QED) is 0.688. The fraction of sp³-hybridized carbons (Fsp3) is 0.500.